The molecule has 1 aromatic carbocycles. The van der Waals surface area contributed by atoms with Gasteiger partial charge < -0.3 is 4.90 Å². The van der Waals surface area contributed by atoms with Crippen molar-refractivity contribution in [2.75, 3.05) is 22.7 Å². The molecule has 1 fully saturated rings. The molecule has 5 nitrogen and oxygen atoms in total. The summed E-state index contributed by atoms with van der Waals surface area (Å²) in [7, 11) is -3.76. The normalized spacial score (nSPS) is 15.3. The second-order valence-corrected chi connectivity index (χ2v) is 8.13. The Bertz CT molecular complexity index is 820. The fraction of sp³-hybridized carbons (Fsp3) is 0.312. The Morgan fingerprint density at radius 3 is 2.38 bits per heavy atom. The van der Waals surface area contributed by atoms with Crippen molar-refractivity contribution < 1.29 is 8.42 Å². The molecule has 0 atom stereocenters. The number of nitrogens with zero attached hydrogens (tertiary/aromatic N) is 2. The van der Waals surface area contributed by atoms with Crippen molar-refractivity contribution in [3.8, 4) is 0 Å². The van der Waals surface area contributed by atoms with Gasteiger partial charge in [-0.1, -0.05) is 23.2 Å². The van der Waals surface area contributed by atoms with Crippen LogP contribution < -0.4 is 9.62 Å². The summed E-state index contributed by atoms with van der Waals surface area (Å²) in [5.41, 5.74) is 1.01. The van der Waals surface area contributed by atoms with Crippen molar-refractivity contribution >= 4 is 44.7 Å². The maximum Gasteiger partial charge on any atom is 0.263 e. The first kappa shape index (κ1) is 17.3. The van der Waals surface area contributed by atoms with Gasteiger partial charge in [0.15, 0.2) is 0 Å². The van der Waals surface area contributed by atoms with E-state index in [1.54, 1.807) is 12.3 Å². The molecule has 0 spiro atoms. The highest BCUT2D eigenvalue weighted by molar-refractivity contribution is 7.92. The lowest BCUT2D eigenvalue weighted by Crippen LogP contribution is -2.29. The molecule has 0 amide bonds. The molecular formula is C16H17Cl2N3O2S. The number of hydrogen-bond acceptors (Lipinski definition) is 4. The molecule has 0 unspecified atom stereocenters. The van der Waals surface area contributed by atoms with Gasteiger partial charge in [-0.05, 0) is 49.6 Å². The summed E-state index contributed by atoms with van der Waals surface area (Å²) in [5, 5.41) is 0.493. The van der Waals surface area contributed by atoms with E-state index in [1.165, 1.54) is 37.5 Å². The molecule has 0 aliphatic carbocycles. The quantitative estimate of drug-likeness (QED) is 0.857. The van der Waals surface area contributed by atoms with Crippen LogP contribution in [0.3, 0.4) is 0 Å². The Kier molecular flexibility index (Phi) is 5.18. The fourth-order valence-corrected chi connectivity index (χ4v) is 4.02. The van der Waals surface area contributed by atoms with Crippen LogP contribution in [0.25, 0.3) is 0 Å². The van der Waals surface area contributed by atoms with E-state index in [-0.39, 0.29) is 15.7 Å². The Morgan fingerprint density at radius 1 is 1.00 bits per heavy atom. The molecule has 1 aromatic heterocycles. The largest absolute Gasteiger partial charge is 0.370 e. The van der Waals surface area contributed by atoms with E-state index in [2.05, 4.69) is 14.6 Å². The number of nitrogens with one attached hydrogen (secondary N) is 1. The summed E-state index contributed by atoms with van der Waals surface area (Å²) in [4.78, 5) is 6.51. The van der Waals surface area contributed by atoms with Crippen LogP contribution in [0.4, 0.5) is 11.5 Å². The minimum atomic E-state index is -3.76. The fourth-order valence-electron chi connectivity index (χ4n) is 2.63. The predicted octanol–water partition coefficient (Wildman–Crippen LogP) is 4.18. The number of anilines is 2. The minimum Gasteiger partial charge on any atom is -0.370 e. The number of hydrogen-bond donors (Lipinski definition) is 1. The molecule has 1 aliphatic rings. The van der Waals surface area contributed by atoms with Gasteiger partial charge in [-0.15, -0.1) is 0 Å². The van der Waals surface area contributed by atoms with E-state index >= 15 is 0 Å². The molecule has 24 heavy (non-hydrogen) atoms. The highest BCUT2D eigenvalue weighted by atomic mass is 35.5. The van der Waals surface area contributed by atoms with Crippen molar-refractivity contribution in [1.29, 1.82) is 0 Å². The summed E-state index contributed by atoms with van der Waals surface area (Å²) in [6.45, 7) is 2.02. The van der Waals surface area contributed by atoms with Crippen molar-refractivity contribution in [3.05, 3.63) is 46.6 Å². The summed E-state index contributed by atoms with van der Waals surface area (Å²) >= 11 is 11.7. The van der Waals surface area contributed by atoms with Crippen LogP contribution in [-0.2, 0) is 10.0 Å². The molecule has 8 heteroatoms. The van der Waals surface area contributed by atoms with Crippen LogP contribution in [0.5, 0.6) is 0 Å². The van der Waals surface area contributed by atoms with Gasteiger partial charge in [-0.25, -0.2) is 13.4 Å². The zero-order valence-corrected chi connectivity index (χ0v) is 15.2. The van der Waals surface area contributed by atoms with E-state index in [0.717, 1.165) is 18.8 Å². The molecule has 0 radical (unpaired) electrons. The van der Waals surface area contributed by atoms with Gasteiger partial charge in [0, 0.05) is 13.1 Å². The molecular weight excluding hydrogens is 369 g/mol. The van der Waals surface area contributed by atoms with Gasteiger partial charge in [-0.3, -0.25) is 4.72 Å². The molecule has 0 bridgehead atoms. The van der Waals surface area contributed by atoms with Crippen LogP contribution in [-0.4, -0.2) is 26.5 Å². The summed E-state index contributed by atoms with van der Waals surface area (Å²) < 4.78 is 27.2. The van der Waals surface area contributed by atoms with E-state index in [1.807, 2.05) is 6.07 Å². The average Bonchev–Trinajstić information content (AvgIpc) is 2.58. The Balaban J connectivity index is 1.76. The standard InChI is InChI=1S/C16H17Cl2N3O2S/c17-14-6-5-13(10-15(14)18)24(22,23)20-16-7-4-12(11-19-16)21-8-2-1-3-9-21/h4-7,10-11H,1-3,8-9H2,(H,19,20). The monoisotopic (exact) mass is 385 g/mol. The maximum absolute atomic E-state index is 12.4. The van der Waals surface area contributed by atoms with Gasteiger partial charge in [0.05, 0.1) is 26.8 Å². The smallest absolute Gasteiger partial charge is 0.263 e. The lowest BCUT2D eigenvalue weighted by molar-refractivity contribution is 0.577. The highest BCUT2D eigenvalue weighted by Crippen LogP contribution is 2.26. The third-order valence-electron chi connectivity index (χ3n) is 3.91. The van der Waals surface area contributed by atoms with Crippen LogP contribution in [0.1, 0.15) is 19.3 Å². The average molecular weight is 386 g/mol. The molecule has 128 valence electrons. The molecule has 1 aliphatic heterocycles. The number of pyridine rings is 1. The second kappa shape index (κ2) is 7.17. The maximum atomic E-state index is 12.4. The second-order valence-electron chi connectivity index (χ2n) is 5.63. The van der Waals surface area contributed by atoms with Crippen molar-refractivity contribution in [3.63, 3.8) is 0 Å². The minimum absolute atomic E-state index is 0.0406. The molecule has 2 aromatic rings. The van der Waals surface area contributed by atoms with E-state index < -0.39 is 10.0 Å². The van der Waals surface area contributed by atoms with Gasteiger partial charge in [-0.2, -0.15) is 0 Å². The summed E-state index contributed by atoms with van der Waals surface area (Å²) in [6.07, 6.45) is 5.29. The van der Waals surface area contributed by atoms with Gasteiger partial charge in [0.2, 0.25) is 0 Å². The number of halogens is 2. The summed E-state index contributed by atoms with van der Waals surface area (Å²) in [5.74, 6) is 0.266. The number of aromatic nitrogens is 1. The Labute approximate surface area is 151 Å². The Morgan fingerprint density at radius 2 is 1.75 bits per heavy atom. The van der Waals surface area contributed by atoms with Crippen LogP contribution in [0.2, 0.25) is 10.0 Å². The molecule has 1 saturated heterocycles. The molecule has 1 N–H and O–H groups in total. The number of rotatable bonds is 4. The predicted molar refractivity (Wildman–Crippen MR) is 97.6 cm³/mol. The first-order chi connectivity index (χ1) is 11.5. The molecule has 0 saturated carbocycles. The first-order valence-electron chi connectivity index (χ1n) is 7.64. The lowest BCUT2D eigenvalue weighted by atomic mass is 10.1. The number of sulfonamides is 1. The number of piperidine rings is 1. The molecule has 2 heterocycles. The zero-order valence-electron chi connectivity index (χ0n) is 12.9. The van der Waals surface area contributed by atoms with Gasteiger partial charge >= 0.3 is 0 Å². The Hall–Kier alpha value is -1.50. The topological polar surface area (TPSA) is 62.3 Å². The third kappa shape index (κ3) is 3.94. The van der Waals surface area contributed by atoms with Crippen LogP contribution >= 0.6 is 23.2 Å². The van der Waals surface area contributed by atoms with E-state index in [0.29, 0.717) is 5.02 Å². The SMILES string of the molecule is O=S(=O)(Nc1ccc(N2CCCCC2)cn1)c1ccc(Cl)c(Cl)c1. The van der Waals surface area contributed by atoms with Gasteiger partial charge in [0.25, 0.3) is 10.0 Å². The zero-order chi connectivity index (χ0) is 17.2. The van der Waals surface area contributed by atoms with Crippen molar-refractivity contribution in [2.24, 2.45) is 0 Å². The number of benzene rings is 1. The lowest BCUT2D eigenvalue weighted by Gasteiger charge is -2.28. The summed E-state index contributed by atoms with van der Waals surface area (Å²) in [6, 6.07) is 7.71. The third-order valence-corrected chi connectivity index (χ3v) is 6.00. The van der Waals surface area contributed by atoms with Crippen molar-refractivity contribution in [1.82, 2.24) is 4.98 Å². The first-order valence-corrected chi connectivity index (χ1v) is 9.88. The van der Waals surface area contributed by atoms with Crippen LogP contribution in [0, 0.1) is 0 Å². The van der Waals surface area contributed by atoms with Crippen LogP contribution in [0.15, 0.2) is 41.4 Å². The highest BCUT2D eigenvalue weighted by Gasteiger charge is 2.17. The molecule has 3 rings (SSSR count). The van der Waals surface area contributed by atoms with E-state index in [9.17, 15) is 8.42 Å². The van der Waals surface area contributed by atoms with Gasteiger partial charge in [0.1, 0.15) is 5.82 Å². The van der Waals surface area contributed by atoms with E-state index in [4.69, 9.17) is 23.2 Å². The van der Waals surface area contributed by atoms with Crippen molar-refractivity contribution in [2.45, 2.75) is 24.2 Å².